The maximum Gasteiger partial charge on any atom is 0.327 e. The van der Waals surface area contributed by atoms with E-state index in [1.165, 1.54) is 6.92 Å². The second-order valence-electron chi connectivity index (χ2n) is 9.79. The standard InChI is InChI=1S/C21H34N4O6/c1-12(2)22-18(29)23-16(27)13(3)31-15(26)11-25-17(28)21(24-19(25)30)9-7-14(8-10-21)20(4,5)6/h12-14H,7-11H2,1-6H3,(H,24,30)(H2,22,23,27,29). The van der Waals surface area contributed by atoms with Crippen LogP contribution in [0.15, 0.2) is 0 Å². The molecule has 1 aliphatic heterocycles. The Balaban J connectivity index is 1.91. The second kappa shape index (κ2) is 9.23. The van der Waals surface area contributed by atoms with E-state index in [0.29, 0.717) is 18.8 Å². The van der Waals surface area contributed by atoms with Gasteiger partial charge in [0.05, 0.1) is 0 Å². The first kappa shape index (κ1) is 24.6. The highest BCUT2D eigenvalue weighted by atomic mass is 16.5. The molecule has 0 aromatic heterocycles. The molecule has 2 fully saturated rings. The number of carbonyl (C=O) groups excluding carboxylic acids is 5. The molecule has 1 atom stereocenters. The van der Waals surface area contributed by atoms with Gasteiger partial charge in [0.25, 0.3) is 11.8 Å². The molecule has 3 N–H and O–H groups in total. The Labute approximate surface area is 182 Å². The van der Waals surface area contributed by atoms with E-state index in [4.69, 9.17) is 4.74 Å². The Morgan fingerprint density at radius 1 is 1.16 bits per heavy atom. The summed E-state index contributed by atoms with van der Waals surface area (Å²) in [4.78, 5) is 62.0. The summed E-state index contributed by atoms with van der Waals surface area (Å²) in [5.74, 6) is -1.69. The van der Waals surface area contributed by atoms with Crippen LogP contribution in [0.4, 0.5) is 9.59 Å². The number of nitrogens with one attached hydrogen (secondary N) is 3. The normalized spacial score (nSPS) is 24.7. The number of hydrogen-bond donors (Lipinski definition) is 3. The molecule has 0 bridgehead atoms. The maximum absolute atomic E-state index is 13.0. The van der Waals surface area contributed by atoms with Crippen LogP contribution in [0, 0.1) is 11.3 Å². The third-order valence-electron chi connectivity index (χ3n) is 5.93. The molecule has 2 rings (SSSR count). The number of carbonyl (C=O) groups is 5. The number of ether oxygens (including phenoxy) is 1. The van der Waals surface area contributed by atoms with Crippen molar-refractivity contribution in [3.63, 3.8) is 0 Å². The van der Waals surface area contributed by atoms with Crippen molar-refractivity contribution in [2.75, 3.05) is 6.54 Å². The molecule has 1 unspecified atom stereocenters. The number of urea groups is 2. The first-order valence-corrected chi connectivity index (χ1v) is 10.7. The minimum Gasteiger partial charge on any atom is -0.451 e. The Bertz CT molecular complexity index is 749. The van der Waals surface area contributed by atoms with Gasteiger partial charge in [-0.15, -0.1) is 0 Å². The van der Waals surface area contributed by atoms with Crippen molar-refractivity contribution in [1.82, 2.24) is 20.9 Å². The first-order chi connectivity index (χ1) is 14.2. The third kappa shape index (κ3) is 5.95. The Hall–Kier alpha value is -2.65. The van der Waals surface area contributed by atoms with Gasteiger partial charge in [0.2, 0.25) is 0 Å². The highest BCUT2D eigenvalue weighted by Gasteiger charge is 2.53. The molecule has 0 aromatic rings. The smallest absolute Gasteiger partial charge is 0.327 e. The molecule has 174 valence electrons. The van der Waals surface area contributed by atoms with E-state index in [1.54, 1.807) is 13.8 Å². The zero-order valence-corrected chi connectivity index (χ0v) is 19.2. The van der Waals surface area contributed by atoms with Gasteiger partial charge in [-0.1, -0.05) is 20.8 Å². The number of imide groups is 2. The third-order valence-corrected chi connectivity index (χ3v) is 5.93. The summed E-state index contributed by atoms with van der Waals surface area (Å²) in [5, 5.41) is 7.31. The van der Waals surface area contributed by atoms with Crippen molar-refractivity contribution >= 4 is 29.8 Å². The first-order valence-electron chi connectivity index (χ1n) is 10.7. The average Bonchev–Trinajstić information content (AvgIpc) is 2.84. The number of hydrogen-bond acceptors (Lipinski definition) is 6. The summed E-state index contributed by atoms with van der Waals surface area (Å²) in [6.07, 6.45) is 1.40. The number of esters is 1. The van der Waals surface area contributed by atoms with Gasteiger partial charge in [-0.2, -0.15) is 0 Å². The van der Waals surface area contributed by atoms with Crippen LogP contribution in [-0.4, -0.2) is 59.0 Å². The van der Waals surface area contributed by atoms with E-state index in [1.807, 2.05) is 0 Å². The second-order valence-corrected chi connectivity index (χ2v) is 9.79. The molecule has 10 nitrogen and oxygen atoms in total. The van der Waals surface area contributed by atoms with Gasteiger partial charge in [-0.3, -0.25) is 24.6 Å². The molecule has 10 heteroatoms. The topological polar surface area (TPSA) is 134 Å². The minimum atomic E-state index is -1.26. The lowest BCUT2D eigenvalue weighted by atomic mass is 9.67. The van der Waals surface area contributed by atoms with Gasteiger partial charge in [0.15, 0.2) is 6.10 Å². The van der Waals surface area contributed by atoms with Crippen molar-refractivity contribution in [2.45, 2.75) is 84.9 Å². The monoisotopic (exact) mass is 438 g/mol. The summed E-state index contributed by atoms with van der Waals surface area (Å²) in [6, 6.07) is -1.51. The molecule has 0 radical (unpaired) electrons. The van der Waals surface area contributed by atoms with Crippen molar-refractivity contribution in [3.8, 4) is 0 Å². The fraction of sp³-hybridized carbons (Fsp3) is 0.762. The number of rotatable bonds is 5. The van der Waals surface area contributed by atoms with Crippen LogP contribution >= 0.6 is 0 Å². The van der Waals surface area contributed by atoms with Crippen molar-refractivity contribution in [1.29, 1.82) is 0 Å². The quantitative estimate of drug-likeness (QED) is 0.442. The van der Waals surface area contributed by atoms with Gasteiger partial charge in [-0.25, -0.2) is 9.59 Å². The molecule has 31 heavy (non-hydrogen) atoms. The van der Waals surface area contributed by atoms with Crippen LogP contribution in [-0.2, 0) is 19.1 Å². The zero-order valence-electron chi connectivity index (χ0n) is 19.2. The molecule has 1 saturated carbocycles. The summed E-state index contributed by atoms with van der Waals surface area (Å²) in [5.41, 5.74) is -0.851. The lowest BCUT2D eigenvalue weighted by molar-refractivity contribution is -0.156. The van der Waals surface area contributed by atoms with Gasteiger partial charge in [0.1, 0.15) is 12.1 Å². The molecular formula is C21H34N4O6. The molecule has 1 spiro atoms. The van der Waals surface area contributed by atoms with Crippen LogP contribution in [0.1, 0.15) is 67.2 Å². The minimum absolute atomic E-state index is 0.125. The van der Waals surface area contributed by atoms with Crippen LogP contribution in [0.2, 0.25) is 0 Å². The van der Waals surface area contributed by atoms with Crippen molar-refractivity contribution < 1.29 is 28.7 Å². The van der Waals surface area contributed by atoms with Crippen LogP contribution in [0.25, 0.3) is 0 Å². The summed E-state index contributed by atoms with van der Waals surface area (Å²) in [7, 11) is 0. The highest BCUT2D eigenvalue weighted by Crippen LogP contribution is 2.43. The van der Waals surface area contributed by atoms with Gasteiger partial charge in [0, 0.05) is 6.04 Å². The summed E-state index contributed by atoms with van der Waals surface area (Å²) in [6.45, 7) is 10.7. The van der Waals surface area contributed by atoms with E-state index in [9.17, 15) is 24.0 Å². The van der Waals surface area contributed by atoms with E-state index < -0.39 is 48.0 Å². The molecule has 6 amide bonds. The molecular weight excluding hydrogens is 404 g/mol. The van der Waals surface area contributed by atoms with Gasteiger partial charge >= 0.3 is 18.0 Å². The molecule has 2 aliphatic rings. The summed E-state index contributed by atoms with van der Waals surface area (Å²) >= 11 is 0. The lowest BCUT2D eigenvalue weighted by Crippen LogP contribution is -2.51. The predicted octanol–water partition coefficient (Wildman–Crippen LogP) is 1.68. The van der Waals surface area contributed by atoms with E-state index in [2.05, 4.69) is 36.7 Å². The van der Waals surface area contributed by atoms with E-state index in [0.717, 1.165) is 17.7 Å². The molecule has 0 aromatic carbocycles. The van der Waals surface area contributed by atoms with Crippen molar-refractivity contribution in [3.05, 3.63) is 0 Å². The Morgan fingerprint density at radius 2 is 1.74 bits per heavy atom. The molecule has 1 heterocycles. The fourth-order valence-corrected chi connectivity index (χ4v) is 4.06. The van der Waals surface area contributed by atoms with Gasteiger partial charge < -0.3 is 15.4 Å². The summed E-state index contributed by atoms with van der Waals surface area (Å²) < 4.78 is 5.01. The SMILES string of the molecule is CC(C)NC(=O)NC(=O)C(C)OC(=O)CN1C(=O)NC2(CCC(C(C)(C)C)CC2)C1=O. The highest BCUT2D eigenvalue weighted by molar-refractivity contribution is 6.08. The largest absolute Gasteiger partial charge is 0.451 e. The van der Waals surface area contributed by atoms with Crippen LogP contribution in [0.5, 0.6) is 0 Å². The maximum atomic E-state index is 13.0. The average molecular weight is 439 g/mol. The van der Waals surface area contributed by atoms with Crippen LogP contribution in [0.3, 0.4) is 0 Å². The van der Waals surface area contributed by atoms with Gasteiger partial charge in [-0.05, 0) is 57.8 Å². The predicted molar refractivity (Wildman–Crippen MR) is 112 cm³/mol. The molecule has 1 saturated heterocycles. The number of amides is 6. The molecule has 1 aliphatic carbocycles. The Kier molecular flexibility index (Phi) is 7.33. The van der Waals surface area contributed by atoms with Crippen molar-refractivity contribution in [2.24, 2.45) is 11.3 Å². The zero-order chi connectivity index (χ0) is 23.6. The number of nitrogens with zero attached hydrogens (tertiary/aromatic N) is 1. The lowest BCUT2D eigenvalue weighted by Gasteiger charge is -2.40. The fourth-order valence-electron chi connectivity index (χ4n) is 4.06. The van der Waals surface area contributed by atoms with E-state index >= 15 is 0 Å². The van der Waals surface area contributed by atoms with E-state index in [-0.39, 0.29) is 11.5 Å². The van der Waals surface area contributed by atoms with Crippen LogP contribution < -0.4 is 16.0 Å². The Morgan fingerprint density at radius 3 is 2.26 bits per heavy atom.